The maximum Gasteiger partial charge on any atom is 0.223 e. The van der Waals surface area contributed by atoms with Crippen LogP contribution in [0.5, 0.6) is 0 Å². The Bertz CT molecular complexity index is 204. The van der Waals surface area contributed by atoms with Gasteiger partial charge in [-0.2, -0.15) is 0 Å². The Morgan fingerprint density at radius 2 is 2.00 bits per heavy atom. The highest BCUT2D eigenvalue weighted by Gasteiger charge is 2.07. The number of nitrogens with one attached hydrogen (secondary N) is 1. The van der Waals surface area contributed by atoms with E-state index in [0.29, 0.717) is 19.4 Å². The van der Waals surface area contributed by atoms with Gasteiger partial charge in [0.2, 0.25) is 11.8 Å². The summed E-state index contributed by atoms with van der Waals surface area (Å²) < 4.78 is 0. The first-order chi connectivity index (χ1) is 6.43. The van der Waals surface area contributed by atoms with Gasteiger partial charge in [-0.25, -0.2) is 0 Å². The first kappa shape index (κ1) is 12.9. The number of primary amides is 1. The topological polar surface area (TPSA) is 75.4 Å². The maximum atomic E-state index is 11.1. The Kier molecular flexibility index (Phi) is 5.87. The summed E-state index contributed by atoms with van der Waals surface area (Å²) in [4.78, 5) is 23.2. The molecule has 14 heavy (non-hydrogen) atoms. The van der Waals surface area contributed by atoms with Gasteiger partial charge in [-0.15, -0.1) is 0 Å². The van der Waals surface area contributed by atoms with Crippen molar-refractivity contribution in [2.45, 2.75) is 25.8 Å². The second kappa shape index (κ2) is 6.37. The second-order valence-electron chi connectivity index (χ2n) is 3.56. The Morgan fingerprint density at radius 1 is 1.43 bits per heavy atom. The second-order valence-corrected chi connectivity index (χ2v) is 3.56. The van der Waals surface area contributed by atoms with Gasteiger partial charge < -0.3 is 16.0 Å². The third kappa shape index (κ3) is 6.42. The lowest BCUT2D eigenvalue weighted by atomic mass is 10.2. The molecule has 0 aromatic rings. The van der Waals surface area contributed by atoms with Gasteiger partial charge in [0.05, 0.1) is 0 Å². The number of carbonyl (C=O) groups excluding carboxylic acids is 2. The average molecular weight is 201 g/mol. The highest BCUT2D eigenvalue weighted by molar-refractivity contribution is 5.75. The Hall–Kier alpha value is -1.10. The number of nitrogens with two attached hydrogens (primary N) is 1. The quantitative estimate of drug-likeness (QED) is 0.597. The van der Waals surface area contributed by atoms with Gasteiger partial charge in [-0.05, 0) is 6.92 Å². The first-order valence-electron chi connectivity index (χ1n) is 4.65. The van der Waals surface area contributed by atoms with E-state index in [1.54, 1.807) is 19.0 Å². The van der Waals surface area contributed by atoms with E-state index < -0.39 is 0 Å². The molecule has 0 heterocycles. The van der Waals surface area contributed by atoms with E-state index in [0.717, 1.165) is 0 Å². The largest absolute Gasteiger partial charge is 0.370 e. The molecule has 3 N–H and O–H groups in total. The molecular formula is C9H19N3O2. The number of nitrogens with zero attached hydrogens (tertiary/aromatic N) is 1. The van der Waals surface area contributed by atoms with Gasteiger partial charge in [0.1, 0.15) is 0 Å². The number of amides is 2. The molecule has 0 aliphatic carbocycles. The third-order valence-electron chi connectivity index (χ3n) is 1.84. The number of carbonyl (C=O) groups is 2. The molecule has 82 valence electrons. The summed E-state index contributed by atoms with van der Waals surface area (Å²) in [7, 11) is 3.43. The van der Waals surface area contributed by atoms with Crippen LogP contribution in [0, 0.1) is 0 Å². The molecule has 0 aliphatic rings. The fraction of sp³-hybridized carbons (Fsp3) is 0.778. The summed E-state index contributed by atoms with van der Waals surface area (Å²) in [5, 5.41) is 3.05. The van der Waals surface area contributed by atoms with Crippen LogP contribution in [0.25, 0.3) is 0 Å². The van der Waals surface area contributed by atoms with E-state index >= 15 is 0 Å². The molecule has 0 aromatic carbocycles. The molecule has 1 unspecified atom stereocenters. The molecule has 0 rings (SSSR count). The molecule has 2 amide bonds. The van der Waals surface area contributed by atoms with Crippen LogP contribution in [-0.4, -0.2) is 43.4 Å². The molecule has 0 saturated heterocycles. The molecule has 1 atom stereocenters. The van der Waals surface area contributed by atoms with Crippen LogP contribution in [0.1, 0.15) is 19.8 Å². The van der Waals surface area contributed by atoms with Crippen LogP contribution in [0.3, 0.4) is 0 Å². The Morgan fingerprint density at radius 3 is 2.43 bits per heavy atom. The Balaban J connectivity index is 3.54. The third-order valence-corrected chi connectivity index (χ3v) is 1.84. The molecule has 0 radical (unpaired) electrons. The van der Waals surface area contributed by atoms with E-state index in [9.17, 15) is 9.59 Å². The summed E-state index contributed by atoms with van der Waals surface area (Å²) in [6, 6.07) is 0.0301. The van der Waals surface area contributed by atoms with Crippen LogP contribution in [0.15, 0.2) is 0 Å². The van der Waals surface area contributed by atoms with Gasteiger partial charge >= 0.3 is 0 Å². The lowest BCUT2D eigenvalue weighted by Gasteiger charge is -2.13. The zero-order valence-electron chi connectivity index (χ0n) is 9.04. The molecule has 0 aromatic heterocycles. The molecule has 0 fully saturated rings. The Labute approximate surface area is 84.6 Å². The first-order valence-corrected chi connectivity index (χ1v) is 4.65. The minimum absolute atomic E-state index is 0.0301. The van der Waals surface area contributed by atoms with Crippen molar-refractivity contribution >= 4 is 11.8 Å². The van der Waals surface area contributed by atoms with E-state index in [2.05, 4.69) is 5.32 Å². The van der Waals surface area contributed by atoms with Crippen LogP contribution in [0.2, 0.25) is 0 Å². The molecule has 0 spiro atoms. The summed E-state index contributed by atoms with van der Waals surface area (Å²) in [6.45, 7) is 2.44. The number of hydrogen-bond acceptors (Lipinski definition) is 3. The van der Waals surface area contributed by atoms with Crippen LogP contribution in [-0.2, 0) is 9.59 Å². The standard InChI is InChI=1S/C9H19N3O2/c1-7(6-8(10)13)11-5-4-9(14)12(2)3/h7,11H,4-6H2,1-3H3,(H2,10,13). The summed E-state index contributed by atoms with van der Waals surface area (Å²) in [5.41, 5.74) is 5.02. The van der Waals surface area contributed by atoms with E-state index in [4.69, 9.17) is 5.73 Å². The van der Waals surface area contributed by atoms with Crippen molar-refractivity contribution in [3.05, 3.63) is 0 Å². The summed E-state index contributed by atoms with van der Waals surface area (Å²) in [6.07, 6.45) is 0.742. The van der Waals surface area contributed by atoms with Gasteiger partial charge in [-0.3, -0.25) is 9.59 Å². The van der Waals surface area contributed by atoms with Crippen molar-refractivity contribution < 1.29 is 9.59 Å². The monoisotopic (exact) mass is 201 g/mol. The molecule has 5 nitrogen and oxygen atoms in total. The zero-order chi connectivity index (χ0) is 11.1. The van der Waals surface area contributed by atoms with Gasteiger partial charge in [0.25, 0.3) is 0 Å². The van der Waals surface area contributed by atoms with Crippen LogP contribution >= 0.6 is 0 Å². The zero-order valence-corrected chi connectivity index (χ0v) is 9.04. The molecule has 0 aliphatic heterocycles. The van der Waals surface area contributed by atoms with E-state index in [-0.39, 0.29) is 17.9 Å². The average Bonchev–Trinajstić information content (AvgIpc) is 2.02. The predicted molar refractivity (Wildman–Crippen MR) is 54.6 cm³/mol. The van der Waals surface area contributed by atoms with E-state index in [1.807, 2.05) is 6.92 Å². The normalized spacial score (nSPS) is 12.2. The fourth-order valence-corrected chi connectivity index (χ4v) is 1.02. The van der Waals surface area contributed by atoms with Crippen molar-refractivity contribution in [3.63, 3.8) is 0 Å². The summed E-state index contributed by atoms with van der Waals surface area (Å²) >= 11 is 0. The van der Waals surface area contributed by atoms with Gasteiger partial charge in [0, 0.05) is 39.5 Å². The maximum absolute atomic E-state index is 11.1. The number of hydrogen-bond donors (Lipinski definition) is 2. The highest BCUT2D eigenvalue weighted by Crippen LogP contribution is 1.90. The fourth-order valence-electron chi connectivity index (χ4n) is 1.02. The minimum Gasteiger partial charge on any atom is -0.370 e. The molecule has 5 heteroatoms. The van der Waals surface area contributed by atoms with Gasteiger partial charge in [0.15, 0.2) is 0 Å². The predicted octanol–water partition coefficient (Wildman–Crippen LogP) is -0.682. The van der Waals surface area contributed by atoms with Crippen molar-refractivity contribution in [1.29, 1.82) is 0 Å². The smallest absolute Gasteiger partial charge is 0.223 e. The highest BCUT2D eigenvalue weighted by atomic mass is 16.2. The minimum atomic E-state index is -0.330. The number of rotatable bonds is 6. The van der Waals surface area contributed by atoms with Crippen LogP contribution in [0.4, 0.5) is 0 Å². The SMILES string of the molecule is CC(CC(N)=O)NCCC(=O)N(C)C. The van der Waals surface area contributed by atoms with Crippen molar-refractivity contribution in [2.75, 3.05) is 20.6 Å². The van der Waals surface area contributed by atoms with Gasteiger partial charge in [-0.1, -0.05) is 0 Å². The van der Waals surface area contributed by atoms with Crippen molar-refractivity contribution in [3.8, 4) is 0 Å². The van der Waals surface area contributed by atoms with Crippen molar-refractivity contribution in [2.24, 2.45) is 5.73 Å². The van der Waals surface area contributed by atoms with E-state index in [1.165, 1.54) is 0 Å². The molecular weight excluding hydrogens is 182 g/mol. The molecule has 0 bridgehead atoms. The lowest BCUT2D eigenvalue weighted by Crippen LogP contribution is -2.34. The lowest BCUT2D eigenvalue weighted by molar-refractivity contribution is -0.128. The molecule has 0 saturated carbocycles. The summed E-state index contributed by atoms with van der Waals surface area (Å²) in [5.74, 6) is -0.257. The van der Waals surface area contributed by atoms with Crippen LogP contribution < -0.4 is 11.1 Å². The van der Waals surface area contributed by atoms with Crippen molar-refractivity contribution in [1.82, 2.24) is 10.2 Å².